The fourth-order valence-corrected chi connectivity index (χ4v) is 5.32. The molecule has 0 bridgehead atoms. The van der Waals surface area contributed by atoms with E-state index in [4.69, 9.17) is 4.74 Å². The molecule has 0 saturated carbocycles. The molecule has 2 aromatic carbocycles. The first-order valence-electron chi connectivity index (χ1n) is 10.7. The van der Waals surface area contributed by atoms with Crippen molar-refractivity contribution in [2.75, 3.05) is 6.54 Å². The predicted molar refractivity (Wildman–Crippen MR) is 124 cm³/mol. The maximum absolute atomic E-state index is 13.1. The number of Topliss-reactive ketones (excluding diaryl/α,β-unsaturated/α-hetero) is 1. The van der Waals surface area contributed by atoms with Gasteiger partial charge in [0, 0.05) is 23.4 Å². The van der Waals surface area contributed by atoms with Crippen LogP contribution in [-0.4, -0.2) is 34.3 Å². The van der Waals surface area contributed by atoms with E-state index in [2.05, 4.69) is 0 Å². The van der Waals surface area contributed by atoms with Gasteiger partial charge in [0.05, 0.1) is 11.6 Å². The van der Waals surface area contributed by atoms with Crippen molar-refractivity contribution in [2.24, 2.45) is 0 Å². The number of ether oxygens (including phenoxy) is 1. The fourth-order valence-electron chi connectivity index (χ4n) is 4.47. The second-order valence-corrected chi connectivity index (χ2v) is 9.18. The number of hydrogen-bond donors (Lipinski definition) is 1. The molecular weight excluding hydrogens is 422 g/mol. The van der Waals surface area contributed by atoms with Crippen molar-refractivity contribution in [1.82, 2.24) is 4.90 Å². The Morgan fingerprint density at radius 1 is 1.12 bits per heavy atom. The van der Waals surface area contributed by atoms with E-state index >= 15 is 0 Å². The largest absolute Gasteiger partial charge is 0.507 e. The van der Waals surface area contributed by atoms with Crippen LogP contribution in [0.3, 0.4) is 0 Å². The Balaban J connectivity index is 1.54. The van der Waals surface area contributed by atoms with E-state index in [9.17, 15) is 14.7 Å². The number of nitrogens with zero attached hydrogens (tertiary/aromatic N) is 1. The monoisotopic (exact) mass is 445 g/mol. The van der Waals surface area contributed by atoms with Crippen LogP contribution in [0.15, 0.2) is 71.6 Å². The Morgan fingerprint density at radius 2 is 1.94 bits per heavy atom. The molecule has 5 nitrogen and oxygen atoms in total. The molecule has 3 heterocycles. The highest BCUT2D eigenvalue weighted by Gasteiger charge is 2.46. The van der Waals surface area contributed by atoms with Gasteiger partial charge in [-0.3, -0.25) is 9.59 Å². The topological polar surface area (TPSA) is 66.8 Å². The first kappa shape index (κ1) is 20.5. The molecule has 0 radical (unpaired) electrons. The Kier molecular flexibility index (Phi) is 5.31. The van der Waals surface area contributed by atoms with Crippen molar-refractivity contribution in [1.29, 1.82) is 0 Å². The fraction of sp³-hybridized carbons (Fsp3) is 0.231. The van der Waals surface area contributed by atoms with Crippen LogP contribution in [0.1, 0.15) is 34.5 Å². The lowest BCUT2D eigenvalue weighted by Gasteiger charge is -2.24. The maximum Gasteiger partial charge on any atom is 0.295 e. The number of rotatable bonds is 5. The molecule has 6 heteroatoms. The molecule has 1 fully saturated rings. The van der Waals surface area contributed by atoms with Crippen molar-refractivity contribution in [3.05, 3.63) is 93.2 Å². The first-order valence-corrected chi connectivity index (χ1v) is 11.6. The first-order chi connectivity index (χ1) is 15.5. The minimum absolute atomic E-state index is 0.0806. The Bertz CT molecular complexity index is 1200. The molecule has 1 amide bonds. The number of thiophene rings is 1. The number of carbonyl (C=O) groups is 2. The molecule has 0 unspecified atom stereocenters. The predicted octanol–water partition coefficient (Wildman–Crippen LogP) is 4.74. The van der Waals surface area contributed by atoms with Crippen LogP contribution in [0.25, 0.3) is 5.76 Å². The van der Waals surface area contributed by atoms with Crippen LogP contribution in [0.4, 0.5) is 0 Å². The molecule has 162 valence electrons. The highest BCUT2D eigenvalue weighted by atomic mass is 32.1. The normalized spacial score (nSPS) is 21.6. The standard InChI is InChI=1S/C26H23NO4S/c1-16-14-19-15-18(9-10-20(19)31-16)24(28)22-23(21-8-5-13-32-21)27(26(30)25(22)29)12-11-17-6-3-2-4-7-17/h2-10,13,15-16,23,28H,11-12,14H2,1H3/t16-,23+/m0/s1. The van der Waals surface area contributed by atoms with Crippen LogP contribution in [0, 0.1) is 0 Å². The van der Waals surface area contributed by atoms with Crippen LogP contribution in [0.2, 0.25) is 0 Å². The summed E-state index contributed by atoms with van der Waals surface area (Å²) >= 11 is 1.48. The number of amides is 1. The molecule has 1 N–H and O–H groups in total. The summed E-state index contributed by atoms with van der Waals surface area (Å²) in [4.78, 5) is 28.6. The minimum Gasteiger partial charge on any atom is -0.507 e. The lowest BCUT2D eigenvalue weighted by molar-refractivity contribution is -0.139. The summed E-state index contributed by atoms with van der Waals surface area (Å²) in [6.07, 6.45) is 1.46. The molecule has 0 aliphatic carbocycles. The van der Waals surface area contributed by atoms with Crippen molar-refractivity contribution in [2.45, 2.75) is 31.9 Å². The second kappa shape index (κ2) is 8.28. The van der Waals surface area contributed by atoms with Gasteiger partial charge in [-0.05, 0) is 54.1 Å². The van der Waals surface area contributed by atoms with Crippen LogP contribution >= 0.6 is 11.3 Å². The van der Waals surface area contributed by atoms with E-state index in [0.717, 1.165) is 28.2 Å². The molecule has 2 atom stereocenters. The highest BCUT2D eigenvalue weighted by molar-refractivity contribution is 7.10. The second-order valence-electron chi connectivity index (χ2n) is 8.20. The summed E-state index contributed by atoms with van der Waals surface area (Å²) in [6, 6.07) is 18.5. The number of ketones is 1. The van der Waals surface area contributed by atoms with Gasteiger partial charge in [-0.1, -0.05) is 36.4 Å². The van der Waals surface area contributed by atoms with Gasteiger partial charge in [0.25, 0.3) is 11.7 Å². The van der Waals surface area contributed by atoms with Crippen molar-refractivity contribution >= 4 is 28.8 Å². The average molecular weight is 446 g/mol. The number of carbonyl (C=O) groups excluding carboxylic acids is 2. The molecule has 32 heavy (non-hydrogen) atoms. The van der Waals surface area contributed by atoms with Gasteiger partial charge in [0.2, 0.25) is 0 Å². The van der Waals surface area contributed by atoms with Gasteiger partial charge in [0.15, 0.2) is 0 Å². The van der Waals surface area contributed by atoms with E-state index in [1.807, 2.05) is 66.9 Å². The molecule has 2 aliphatic rings. The van der Waals surface area contributed by atoms with Crippen LogP contribution in [-0.2, 0) is 22.4 Å². The smallest absolute Gasteiger partial charge is 0.295 e. The molecule has 1 saturated heterocycles. The molecular formula is C26H23NO4S. The Hall–Kier alpha value is -3.38. The zero-order chi connectivity index (χ0) is 22.2. The summed E-state index contributed by atoms with van der Waals surface area (Å²) in [5.74, 6) is -0.545. The van der Waals surface area contributed by atoms with Gasteiger partial charge < -0.3 is 14.7 Å². The lowest BCUT2D eigenvalue weighted by atomic mass is 9.98. The molecule has 3 aromatic rings. The van der Waals surface area contributed by atoms with Gasteiger partial charge in [0.1, 0.15) is 17.6 Å². The molecule has 0 spiro atoms. The number of benzene rings is 2. The summed E-state index contributed by atoms with van der Waals surface area (Å²) in [5, 5.41) is 13.1. The van der Waals surface area contributed by atoms with Gasteiger partial charge in [-0.2, -0.15) is 0 Å². The Morgan fingerprint density at radius 3 is 2.69 bits per heavy atom. The number of hydrogen-bond acceptors (Lipinski definition) is 5. The number of fused-ring (bicyclic) bond motifs is 1. The third kappa shape index (κ3) is 3.60. The SMILES string of the molecule is C[C@H]1Cc2cc(C(O)=C3C(=O)C(=O)N(CCc4ccccc4)[C@@H]3c3cccs3)ccc2O1. The van der Waals surface area contributed by atoms with Crippen LogP contribution < -0.4 is 4.74 Å². The summed E-state index contributed by atoms with van der Waals surface area (Å²) in [7, 11) is 0. The number of aliphatic hydroxyl groups excluding tert-OH is 1. The van der Waals surface area contributed by atoms with Crippen molar-refractivity contribution < 1.29 is 19.4 Å². The van der Waals surface area contributed by atoms with E-state index < -0.39 is 17.7 Å². The lowest BCUT2D eigenvalue weighted by Crippen LogP contribution is -2.31. The van der Waals surface area contributed by atoms with Crippen molar-refractivity contribution in [3.8, 4) is 5.75 Å². The number of aliphatic hydroxyl groups is 1. The molecule has 1 aromatic heterocycles. The quantitative estimate of drug-likeness (QED) is 0.350. The highest BCUT2D eigenvalue weighted by Crippen LogP contribution is 2.42. The summed E-state index contributed by atoms with van der Waals surface area (Å²) in [6.45, 7) is 2.39. The van der Waals surface area contributed by atoms with E-state index in [1.165, 1.54) is 11.3 Å². The molecule has 5 rings (SSSR count). The molecule has 2 aliphatic heterocycles. The average Bonchev–Trinajstić information content (AvgIpc) is 3.51. The zero-order valence-corrected chi connectivity index (χ0v) is 18.5. The van der Waals surface area contributed by atoms with E-state index in [-0.39, 0.29) is 17.4 Å². The maximum atomic E-state index is 13.1. The Labute approximate surface area is 190 Å². The minimum atomic E-state index is -0.640. The zero-order valence-electron chi connectivity index (χ0n) is 17.7. The van der Waals surface area contributed by atoms with Crippen molar-refractivity contribution in [3.63, 3.8) is 0 Å². The third-order valence-corrected chi connectivity index (χ3v) is 6.93. The third-order valence-electron chi connectivity index (χ3n) is 6.01. The van der Waals surface area contributed by atoms with E-state index in [0.29, 0.717) is 18.5 Å². The van der Waals surface area contributed by atoms with Gasteiger partial charge >= 0.3 is 0 Å². The van der Waals surface area contributed by atoms with Gasteiger partial charge in [-0.15, -0.1) is 11.3 Å². The summed E-state index contributed by atoms with van der Waals surface area (Å²) < 4.78 is 5.75. The summed E-state index contributed by atoms with van der Waals surface area (Å²) in [5.41, 5.74) is 2.76. The van der Waals surface area contributed by atoms with Gasteiger partial charge in [-0.25, -0.2) is 0 Å². The van der Waals surface area contributed by atoms with E-state index in [1.54, 1.807) is 11.0 Å². The number of likely N-dealkylation sites (tertiary alicyclic amines) is 1. The van der Waals surface area contributed by atoms with Crippen LogP contribution in [0.5, 0.6) is 5.75 Å².